The molecule has 0 spiro atoms. The molecule has 0 bridgehead atoms. The van der Waals surface area contributed by atoms with E-state index in [9.17, 15) is 14.0 Å². The zero-order valence-electron chi connectivity index (χ0n) is 21.4. The van der Waals surface area contributed by atoms with Crippen molar-refractivity contribution in [3.63, 3.8) is 0 Å². The summed E-state index contributed by atoms with van der Waals surface area (Å²) in [5.74, 6) is 7.17. The van der Waals surface area contributed by atoms with E-state index in [-0.39, 0.29) is 11.9 Å². The van der Waals surface area contributed by atoms with E-state index in [4.69, 9.17) is 9.47 Å². The largest absolute Gasteiger partial charge is 0.489 e. The maximum absolute atomic E-state index is 13.2. The van der Waals surface area contributed by atoms with Crippen LogP contribution in [0, 0.1) is 23.7 Å². The minimum Gasteiger partial charge on any atom is -0.489 e. The van der Waals surface area contributed by atoms with E-state index in [0.717, 1.165) is 53.3 Å². The van der Waals surface area contributed by atoms with Crippen LogP contribution in [-0.4, -0.2) is 67.0 Å². The van der Waals surface area contributed by atoms with E-state index in [1.54, 1.807) is 37.3 Å². The number of aromatic nitrogens is 3. The number of nitrogens with one attached hydrogen (secondary N) is 1. The van der Waals surface area contributed by atoms with Gasteiger partial charge in [0.05, 0.1) is 11.9 Å². The minimum absolute atomic E-state index is 0.000730. The lowest BCUT2D eigenvalue weighted by Gasteiger charge is -2.19. The van der Waals surface area contributed by atoms with Gasteiger partial charge in [-0.25, -0.2) is 9.67 Å². The minimum atomic E-state index is -0.489. The maximum atomic E-state index is 13.2. The number of fused-ring (bicyclic) bond motifs is 1. The fraction of sp³-hybridized carbons (Fsp3) is 0.357. The van der Waals surface area contributed by atoms with Gasteiger partial charge in [-0.3, -0.25) is 9.59 Å². The lowest BCUT2D eigenvalue weighted by Crippen LogP contribution is -2.45. The second-order valence-electron chi connectivity index (χ2n) is 8.95. The van der Waals surface area contributed by atoms with Gasteiger partial charge in [0.1, 0.15) is 18.4 Å². The molecule has 1 saturated heterocycles. The lowest BCUT2D eigenvalue weighted by molar-refractivity contribution is -0.120. The molecule has 2 aromatic heterocycles. The van der Waals surface area contributed by atoms with Crippen molar-refractivity contribution in [2.24, 2.45) is 5.92 Å². The quantitative estimate of drug-likeness (QED) is 0.321. The van der Waals surface area contributed by atoms with Crippen LogP contribution >= 0.6 is 0 Å². The fourth-order valence-electron chi connectivity index (χ4n) is 4.11. The van der Waals surface area contributed by atoms with E-state index in [2.05, 4.69) is 27.2 Å². The number of carbonyl (C=O) groups excluding carboxylic acids is 2. The molecule has 38 heavy (non-hydrogen) atoms. The van der Waals surface area contributed by atoms with Crippen LogP contribution in [-0.2, 0) is 20.7 Å². The molecule has 0 saturated carbocycles. The summed E-state index contributed by atoms with van der Waals surface area (Å²) in [6.07, 6.45) is 7.43. The number of hydrogen-bond acceptors (Lipinski definition) is 7. The summed E-state index contributed by atoms with van der Waals surface area (Å²) in [5, 5.41) is 6.75. The predicted molar refractivity (Wildman–Crippen MR) is 140 cm³/mol. The smallest absolute Gasteiger partial charge is 0.247 e. The molecule has 1 unspecified atom stereocenters. The molecular formula is C28H30FN5O4. The summed E-state index contributed by atoms with van der Waals surface area (Å²) >= 11 is 0. The van der Waals surface area contributed by atoms with Crippen LogP contribution < -0.4 is 15.0 Å². The molecule has 1 N–H and O–H groups in total. The van der Waals surface area contributed by atoms with Crippen LogP contribution in [0.1, 0.15) is 29.5 Å². The van der Waals surface area contributed by atoms with E-state index in [0.29, 0.717) is 30.9 Å². The maximum Gasteiger partial charge on any atom is 0.247 e. The number of amides is 1. The highest BCUT2D eigenvalue weighted by atomic mass is 19.1. The molecule has 1 atom stereocenters. The molecule has 0 radical (unpaired) electrons. The predicted octanol–water partition coefficient (Wildman–Crippen LogP) is 2.45. The monoisotopic (exact) mass is 519 g/mol. The summed E-state index contributed by atoms with van der Waals surface area (Å²) in [4.78, 5) is 27.9. The SMILES string of the molecule is CNC1COc2ccc(C#CC3CCOCC3)cc2N(C)C1=O.O=Cn1cc(Cc2cccnc2F)cn1. The Morgan fingerprint density at radius 2 is 2.08 bits per heavy atom. The van der Waals surface area contributed by atoms with Gasteiger partial charge in [-0.15, -0.1) is 0 Å². The van der Waals surface area contributed by atoms with Crippen LogP contribution in [0.5, 0.6) is 5.75 Å². The lowest BCUT2D eigenvalue weighted by atomic mass is 10.0. The van der Waals surface area contributed by atoms with Crippen LogP contribution in [0.3, 0.4) is 0 Å². The Labute approximate surface area is 221 Å². The van der Waals surface area contributed by atoms with Crippen LogP contribution in [0.25, 0.3) is 0 Å². The third-order valence-electron chi connectivity index (χ3n) is 6.34. The van der Waals surface area contributed by atoms with Crippen LogP contribution in [0.15, 0.2) is 48.9 Å². The first-order chi connectivity index (χ1) is 18.5. The van der Waals surface area contributed by atoms with Gasteiger partial charge in [-0.05, 0) is 49.7 Å². The Bertz CT molecular complexity index is 1330. The molecule has 3 aromatic rings. The van der Waals surface area contributed by atoms with Crippen molar-refractivity contribution in [1.82, 2.24) is 20.1 Å². The number of nitrogens with zero attached hydrogens (tertiary/aromatic N) is 4. The van der Waals surface area contributed by atoms with E-state index >= 15 is 0 Å². The van der Waals surface area contributed by atoms with Gasteiger partial charge in [-0.2, -0.15) is 9.49 Å². The molecule has 0 aliphatic carbocycles. The Hall–Kier alpha value is -4.07. The van der Waals surface area contributed by atoms with Gasteiger partial charge in [0.25, 0.3) is 0 Å². The van der Waals surface area contributed by atoms with Crippen molar-refractivity contribution in [3.05, 3.63) is 71.6 Å². The number of rotatable bonds is 4. The normalized spacial score (nSPS) is 17.2. The van der Waals surface area contributed by atoms with Gasteiger partial charge >= 0.3 is 0 Å². The number of likely N-dealkylation sites (N-methyl/N-ethyl adjacent to an activating group) is 2. The highest BCUT2D eigenvalue weighted by Crippen LogP contribution is 2.31. The molecule has 1 aromatic carbocycles. The average Bonchev–Trinajstić information content (AvgIpc) is 3.37. The topological polar surface area (TPSA) is 98.6 Å². The molecule has 5 rings (SSSR count). The van der Waals surface area contributed by atoms with E-state index in [1.807, 2.05) is 18.2 Å². The second-order valence-corrected chi connectivity index (χ2v) is 8.95. The average molecular weight is 520 g/mol. The van der Waals surface area contributed by atoms with Crippen LogP contribution in [0.2, 0.25) is 0 Å². The molecule has 1 amide bonds. The molecule has 2 aliphatic rings. The second kappa shape index (κ2) is 12.9. The van der Waals surface area contributed by atoms with Gasteiger partial charge in [0.2, 0.25) is 18.3 Å². The molecule has 4 heterocycles. The van der Waals surface area contributed by atoms with Gasteiger partial charge in [-0.1, -0.05) is 17.9 Å². The third-order valence-corrected chi connectivity index (χ3v) is 6.34. The molecule has 2 aliphatic heterocycles. The van der Waals surface area contributed by atoms with Crippen molar-refractivity contribution in [2.75, 3.05) is 38.8 Å². The summed E-state index contributed by atoms with van der Waals surface area (Å²) in [6, 6.07) is 8.76. The Morgan fingerprint density at radius 3 is 2.79 bits per heavy atom. The first-order valence-corrected chi connectivity index (χ1v) is 12.4. The first kappa shape index (κ1) is 27.0. The van der Waals surface area contributed by atoms with E-state index in [1.165, 1.54) is 12.4 Å². The first-order valence-electron chi connectivity index (χ1n) is 12.4. The van der Waals surface area contributed by atoms with Crippen molar-refractivity contribution in [2.45, 2.75) is 25.3 Å². The van der Waals surface area contributed by atoms with Gasteiger partial charge in [0.15, 0.2) is 0 Å². The summed E-state index contributed by atoms with van der Waals surface area (Å²) in [7, 11) is 3.54. The Balaban J connectivity index is 0.000000194. The molecular weight excluding hydrogens is 489 g/mol. The Kier molecular flexibility index (Phi) is 9.19. The van der Waals surface area contributed by atoms with Crippen molar-refractivity contribution in [1.29, 1.82) is 0 Å². The number of anilines is 1. The highest BCUT2D eigenvalue weighted by Gasteiger charge is 2.28. The number of pyridine rings is 1. The number of ether oxygens (including phenoxy) is 2. The molecule has 10 heteroatoms. The molecule has 9 nitrogen and oxygen atoms in total. The van der Waals surface area contributed by atoms with Gasteiger partial charge in [0, 0.05) is 56.1 Å². The van der Waals surface area contributed by atoms with Crippen molar-refractivity contribution >= 4 is 18.0 Å². The fourth-order valence-corrected chi connectivity index (χ4v) is 4.11. The summed E-state index contributed by atoms with van der Waals surface area (Å²) < 4.78 is 25.4. The number of benzene rings is 1. The molecule has 198 valence electrons. The van der Waals surface area contributed by atoms with Crippen molar-refractivity contribution in [3.8, 4) is 17.6 Å². The van der Waals surface area contributed by atoms with Gasteiger partial charge < -0.3 is 19.7 Å². The number of hydrogen-bond donors (Lipinski definition) is 1. The summed E-state index contributed by atoms with van der Waals surface area (Å²) in [6.45, 7) is 1.92. The Morgan fingerprint density at radius 1 is 1.26 bits per heavy atom. The zero-order valence-corrected chi connectivity index (χ0v) is 21.4. The standard InChI is InChI=1S/C18H22N2O3.C10H8FN3O/c1-19-15-12-23-17-6-5-14(11-16(17)20(2)18(15)21)4-3-13-7-9-22-10-8-13;11-10-9(2-1-3-12-10)4-8-5-13-14(6-8)7-15/h5-6,11,13,15,19H,7-10,12H2,1-2H3;1-3,5-7H,4H2. The number of carbonyl (C=O) groups is 2. The van der Waals surface area contributed by atoms with Crippen LogP contribution in [0.4, 0.5) is 10.1 Å². The molecule has 1 fully saturated rings. The summed E-state index contributed by atoms with van der Waals surface area (Å²) in [5.41, 5.74) is 2.94. The van der Waals surface area contributed by atoms with Crippen molar-refractivity contribution < 1.29 is 23.5 Å². The number of halogens is 1. The zero-order chi connectivity index (χ0) is 26.9. The highest BCUT2D eigenvalue weighted by molar-refractivity contribution is 5.99. The van der Waals surface area contributed by atoms with E-state index < -0.39 is 5.95 Å². The third kappa shape index (κ3) is 6.82.